The number of hydrogen-bond donors (Lipinski definition) is 2. The van der Waals surface area contributed by atoms with Crippen LogP contribution in [0.1, 0.15) is 19.3 Å². The first kappa shape index (κ1) is 29.4. The van der Waals surface area contributed by atoms with Crippen molar-refractivity contribution in [3.8, 4) is 0 Å². The number of alkyl halides is 6. The Hall–Kier alpha value is -2.88. The maximum absolute atomic E-state index is 12.5. The zero-order chi connectivity index (χ0) is 27.5. The number of carboxylic acid groups (broad SMARTS) is 2. The van der Waals surface area contributed by atoms with E-state index in [2.05, 4.69) is 21.9 Å². The first-order valence-electron chi connectivity index (χ1n) is 10.8. The molecule has 16 heteroatoms. The predicted octanol–water partition coefficient (Wildman–Crippen LogP) is 1.82. The third-order valence-corrected chi connectivity index (χ3v) is 6.05. The van der Waals surface area contributed by atoms with Gasteiger partial charge in [-0.15, -0.1) is 0 Å². The van der Waals surface area contributed by atoms with Gasteiger partial charge in [-0.1, -0.05) is 0 Å². The van der Waals surface area contributed by atoms with E-state index in [1.165, 1.54) is 19.4 Å². The van der Waals surface area contributed by atoms with Gasteiger partial charge in [-0.05, 0) is 32.2 Å². The van der Waals surface area contributed by atoms with Crippen LogP contribution < -0.4 is 4.90 Å². The summed E-state index contributed by atoms with van der Waals surface area (Å²) >= 11 is 0. The van der Waals surface area contributed by atoms with Crippen LogP contribution in [-0.2, 0) is 21.4 Å². The summed E-state index contributed by atoms with van der Waals surface area (Å²) in [6, 6.07) is 0. The molecule has 204 valence electrons. The van der Waals surface area contributed by atoms with Crippen LogP contribution >= 0.6 is 0 Å². The van der Waals surface area contributed by atoms with Gasteiger partial charge in [0, 0.05) is 39.4 Å². The van der Waals surface area contributed by atoms with E-state index in [1.807, 2.05) is 18.1 Å². The quantitative estimate of drug-likeness (QED) is 0.568. The Labute approximate surface area is 202 Å². The van der Waals surface area contributed by atoms with Crippen LogP contribution in [0.25, 0.3) is 0 Å². The number of likely N-dealkylation sites (tertiary alicyclic amines) is 1. The molecular weight excluding hydrogens is 504 g/mol. The second-order valence-corrected chi connectivity index (χ2v) is 8.97. The number of carbonyl (C=O) groups excluding carboxylic acids is 1. The van der Waals surface area contributed by atoms with Gasteiger partial charge in [0.2, 0.25) is 5.91 Å². The van der Waals surface area contributed by atoms with Crippen molar-refractivity contribution >= 4 is 23.5 Å². The highest BCUT2D eigenvalue weighted by atomic mass is 19.4. The third-order valence-electron chi connectivity index (χ3n) is 6.05. The van der Waals surface area contributed by atoms with E-state index < -0.39 is 24.3 Å². The zero-order valence-electron chi connectivity index (χ0n) is 19.5. The average molecular weight is 531 g/mol. The summed E-state index contributed by atoms with van der Waals surface area (Å²) in [5.41, 5.74) is 1.04. The molecule has 0 bridgehead atoms. The van der Waals surface area contributed by atoms with E-state index >= 15 is 0 Å². The van der Waals surface area contributed by atoms with Gasteiger partial charge in [-0.25, -0.2) is 9.59 Å². The van der Waals surface area contributed by atoms with Crippen molar-refractivity contribution in [3.05, 3.63) is 12.4 Å². The molecule has 1 saturated carbocycles. The Balaban J connectivity index is 0.000000271. The fourth-order valence-electron chi connectivity index (χ4n) is 3.94. The van der Waals surface area contributed by atoms with Gasteiger partial charge in [0.1, 0.15) is 0 Å². The molecule has 1 aromatic rings. The molecule has 10 nitrogen and oxygen atoms in total. The van der Waals surface area contributed by atoms with Crippen LogP contribution in [-0.4, -0.2) is 105 Å². The van der Waals surface area contributed by atoms with E-state index in [4.69, 9.17) is 19.8 Å². The molecule has 36 heavy (non-hydrogen) atoms. The number of amides is 1. The lowest BCUT2D eigenvalue weighted by Crippen LogP contribution is -2.64. The number of aryl methyl sites for hydroxylation is 1. The minimum Gasteiger partial charge on any atom is -0.475 e. The fraction of sp³-hybridized carbons (Fsp3) is 0.700. The van der Waals surface area contributed by atoms with Gasteiger partial charge in [-0.3, -0.25) is 14.4 Å². The molecule has 1 atom stereocenters. The van der Waals surface area contributed by atoms with Gasteiger partial charge < -0.3 is 20.0 Å². The lowest BCUT2D eigenvalue weighted by molar-refractivity contribution is -0.193. The smallest absolute Gasteiger partial charge is 0.475 e. The number of aliphatic carboxylic acids is 2. The molecule has 3 heterocycles. The number of piperazine rings is 1. The molecular formula is C20H27F6N5O5. The lowest BCUT2D eigenvalue weighted by atomic mass is 9.93. The largest absolute Gasteiger partial charge is 0.490 e. The van der Waals surface area contributed by atoms with Gasteiger partial charge in [-0.2, -0.15) is 31.4 Å². The standard InChI is InChI=1S/C16H25N5O.2C2HF3O2/c1-18-10-15(22)21(14-7-17-19(2)9-14)12-16(18)5-6-20(11-16)8-13-3-4-13;2*3-2(4,5)1(6)7/h7,9,13H,3-6,8,10-12H2,1-2H3;2*(H,6,7). The monoisotopic (exact) mass is 531 g/mol. The number of carbonyl (C=O) groups is 3. The number of aromatic nitrogens is 2. The Kier molecular flexibility index (Phi) is 8.99. The molecule has 0 radical (unpaired) electrons. The van der Waals surface area contributed by atoms with E-state index in [0.717, 1.165) is 37.7 Å². The van der Waals surface area contributed by atoms with Gasteiger partial charge in [0.25, 0.3) is 0 Å². The van der Waals surface area contributed by atoms with E-state index in [0.29, 0.717) is 6.54 Å². The summed E-state index contributed by atoms with van der Waals surface area (Å²) in [7, 11) is 4.01. The molecule has 2 N–H and O–H groups in total. The van der Waals surface area contributed by atoms with Crippen molar-refractivity contribution in [3.63, 3.8) is 0 Å². The maximum Gasteiger partial charge on any atom is 0.490 e. The Bertz CT molecular complexity index is 924. The normalized spacial score (nSPS) is 23.1. The number of likely N-dealkylation sites (N-methyl/N-ethyl adjacent to an activating group) is 1. The van der Waals surface area contributed by atoms with Crippen molar-refractivity contribution in [2.24, 2.45) is 13.0 Å². The molecule has 1 amide bonds. The van der Waals surface area contributed by atoms with Crippen LogP contribution in [0.5, 0.6) is 0 Å². The van der Waals surface area contributed by atoms with Crippen molar-refractivity contribution in [1.82, 2.24) is 19.6 Å². The Morgan fingerprint density at radius 1 is 1.06 bits per heavy atom. The summed E-state index contributed by atoms with van der Waals surface area (Å²) in [6.07, 6.45) is -2.47. The van der Waals surface area contributed by atoms with Crippen molar-refractivity contribution in [2.45, 2.75) is 37.2 Å². The van der Waals surface area contributed by atoms with Crippen molar-refractivity contribution in [2.75, 3.05) is 44.7 Å². The van der Waals surface area contributed by atoms with E-state index in [1.54, 1.807) is 10.9 Å². The highest BCUT2D eigenvalue weighted by Crippen LogP contribution is 2.36. The van der Waals surface area contributed by atoms with Crippen LogP contribution in [0, 0.1) is 5.92 Å². The van der Waals surface area contributed by atoms with Crippen LogP contribution in [0.3, 0.4) is 0 Å². The lowest BCUT2D eigenvalue weighted by Gasteiger charge is -2.46. The number of rotatable bonds is 3. The number of halogens is 6. The highest BCUT2D eigenvalue weighted by molar-refractivity contribution is 5.95. The minimum absolute atomic E-state index is 0.110. The van der Waals surface area contributed by atoms with Gasteiger partial charge in [0.05, 0.1) is 24.0 Å². The first-order chi connectivity index (χ1) is 16.4. The minimum atomic E-state index is -5.08. The van der Waals surface area contributed by atoms with Crippen LogP contribution in [0.15, 0.2) is 12.4 Å². The molecule has 4 rings (SSSR count). The molecule has 1 aromatic heterocycles. The number of anilines is 1. The Morgan fingerprint density at radius 2 is 1.58 bits per heavy atom. The molecule has 3 fully saturated rings. The summed E-state index contributed by atoms with van der Waals surface area (Å²) < 4.78 is 65.2. The summed E-state index contributed by atoms with van der Waals surface area (Å²) in [6.45, 7) is 4.79. The maximum atomic E-state index is 12.5. The predicted molar refractivity (Wildman–Crippen MR) is 112 cm³/mol. The first-order valence-corrected chi connectivity index (χ1v) is 10.8. The van der Waals surface area contributed by atoms with E-state index in [9.17, 15) is 31.1 Å². The molecule has 2 aliphatic heterocycles. The van der Waals surface area contributed by atoms with Gasteiger partial charge in [0.15, 0.2) is 0 Å². The summed E-state index contributed by atoms with van der Waals surface area (Å²) in [4.78, 5) is 37.1. The molecule has 1 unspecified atom stereocenters. The average Bonchev–Trinajstić information content (AvgIpc) is 3.29. The SMILES string of the molecule is CN1CC(=O)N(c2cnn(C)c2)CC12CCN(CC1CC1)C2.O=C(O)C(F)(F)F.O=C(O)C(F)(F)F. The molecule has 1 spiro atoms. The molecule has 0 aromatic carbocycles. The summed E-state index contributed by atoms with van der Waals surface area (Å²) in [5.74, 6) is -4.40. The molecule has 3 aliphatic rings. The number of carboxylic acids is 2. The summed E-state index contributed by atoms with van der Waals surface area (Å²) in [5, 5.41) is 18.5. The second kappa shape index (κ2) is 11.0. The number of hydrogen-bond acceptors (Lipinski definition) is 6. The van der Waals surface area contributed by atoms with E-state index in [-0.39, 0.29) is 11.4 Å². The highest BCUT2D eigenvalue weighted by Gasteiger charge is 2.48. The van der Waals surface area contributed by atoms with Crippen LogP contribution in [0.2, 0.25) is 0 Å². The fourth-order valence-corrected chi connectivity index (χ4v) is 3.94. The van der Waals surface area contributed by atoms with Gasteiger partial charge >= 0.3 is 24.3 Å². The van der Waals surface area contributed by atoms with Crippen molar-refractivity contribution < 1.29 is 50.9 Å². The second-order valence-electron chi connectivity index (χ2n) is 8.97. The molecule has 2 saturated heterocycles. The Morgan fingerprint density at radius 3 is 2.00 bits per heavy atom. The third kappa shape index (κ3) is 8.08. The van der Waals surface area contributed by atoms with Crippen LogP contribution in [0.4, 0.5) is 32.0 Å². The zero-order valence-corrected chi connectivity index (χ0v) is 19.5. The topological polar surface area (TPSA) is 119 Å². The molecule has 1 aliphatic carbocycles. The van der Waals surface area contributed by atoms with Crippen molar-refractivity contribution in [1.29, 1.82) is 0 Å². The number of nitrogens with zero attached hydrogens (tertiary/aromatic N) is 5.